The van der Waals surface area contributed by atoms with Crippen LogP contribution in [0.25, 0.3) is 0 Å². The van der Waals surface area contributed by atoms with Crippen molar-refractivity contribution >= 4 is 17.7 Å². The molecule has 1 fully saturated rings. The lowest BCUT2D eigenvalue weighted by Crippen LogP contribution is -2.46. The van der Waals surface area contributed by atoms with E-state index in [0.717, 1.165) is 13.0 Å². The maximum atomic E-state index is 11.8. The number of carboxylic acids is 1. The summed E-state index contributed by atoms with van der Waals surface area (Å²) in [7, 11) is 3.31. The quantitative estimate of drug-likeness (QED) is 0.889. The van der Waals surface area contributed by atoms with Gasteiger partial charge in [-0.2, -0.15) is 0 Å². The lowest BCUT2D eigenvalue weighted by Gasteiger charge is -2.37. The zero-order chi connectivity index (χ0) is 15.6. The minimum atomic E-state index is -0.792. The predicted octanol–water partition coefficient (Wildman–Crippen LogP) is 0.869. The van der Waals surface area contributed by atoms with E-state index in [9.17, 15) is 14.7 Å². The summed E-state index contributed by atoms with van der Waals surface area (Å²) in [4.78, 5) is 26.5. The summed E-state index contributed by atoms with van der Waals surface area (Å²) in [5, 5.41) is 17.3. The van der Waals surface area contributed by atoms with E-state index in [4.69, 9.17) is 0 Å². The van der Waals surface area contributed by atoms with Crippen LogP contribution in [0.1, 0.15) is 30.3 Å². The SMILES string of the molecule is CN(C)C(=O)c1ccc(N2CCCC(C)(C(=O)O)C2)nn1. The molecule has 114 valence electrons. The topological polar surface area (TPSA) is 86.6 Å². The van der Waals surface area contributed by atoms with Gasteiger partial charge in [0.1, 0.15) is 0 Å². The molecule has 1 unspecified atom stereocenters. The maximum absolute atomic E-state index is 11.8. The molecule has 0 radical (unpaired) electrons. The van der Waals surface area contributed by atoms with Gasteiger partial charge in [0.2, 0.25) is 0 Å². The average molecular weight is 292 g/mol. The summed E-state index contributed by atoms with van der Waals surface area (Å²) in [6.07, 6.45) is 1.45. The monoisotopic (exact) mass is 292 g/mol. The number of rotatable bonds is 3. The summed E-state index contributed by atoms with van der Waals surface area (Å²) in [6, 6.07) is 3.34. The lowest BCUT2D eigenvalue weighted by molar-refractivity contribution is -0.148. The number of aliphatic carboxylic acids is 1. The molecule has 21 heavy (non-hydrogen) atoms. The van der Waals surface area contributed by atoms with Crippen LogP contribution in [0.4, 0.5) is 5.82 Å². The average Bonchev–Trinajstić information content (AvgIpc) is 2.46. The molecule has 1 amide bonds. The molecule has 1 aromatic rings. The zero-order valence-corrected chi connectivity index (χ0v) is 12.5. The third-order valence-electron chi connectivity index (χ3n) is 3.81. The highest BCUT2D eigenvalue weighted by Gasteiger charge is 2.38. The van der Waals surface area contributed by atoms with Crippen molar-refractivity contribution in [3.05, 3.63) is 17.8 Å². The minimum Gasteiger partial charge on any atom is -0.481 e. The fourth-order valence-corrected chi connectivity index (χ4v) is 2.45. The van der Waals surface area contributed by atoms with E-state index in [1.54, 1.807) is 33.2 Å². The predicted molar refractivity (Wildman–Crippen MR) is 77.2 cm³/mol. The van der Waals surface area contributed by atoms with Crippen LogP contribution in [-0.2, 0) is 4.79 Å². The third kappa shape index (κ3) is 3.12. The van der Waals surface area contributed by atoms with Gasteiger partial charge in [-0.3, -0.25) is 9.59 Å². The van der Waals surface area contributed by atoms with E-state index in [1.807, 2.05) is 4.90 Å². The van der Waals surface area contributed by atoms with Gasteiger partial charge in [-0.25, -0.2) is 0 Å². The van der Waals surface area contributed by atoms with Gasteiger partial charge < -0.3 is 14.9 Å². The van der Waals surface area contributed by atoms with Crippen molar-refractivity contribution in [2.45, 2.75) is 19.8 Å². The molecule has 1 saturated heterocycles. The molecule has 1 aliphatic rings. The number of nitrogens with zero attached hydrogens (tertiary/aromatic N) is 4. The third-order valence-corrected chi connectivity index (χ3v) is 3.81. The van der Waals surface area contributed by atoms with Crippen LogP contribution in [0.5, 0.6) is 0 Å². The Morgan fingerprint density at radius 3 is 2.57 bits per heavy atom. The second-order valence-electron chi connectivity index (χ2n) is 5.87. The second-order valence-corrected chi connectivity index (χ2v) is 5.87. The summed E-state index contributed by atoms with van der Waals surface area (Å²) in [5.41, 5.74) is -0.486. The highest BCUT2D eigenvalue weighted by atomic mass is 16.4. The van der Waals surface area contributed by atoms with Crippen molar-refractivity contribution in [3.8, 4) is 0 Å². The van der Waals surface area contributed by atoms with Gasteiger partial charge in [0.15, 0.2) is 11.5 Å². The van der Waals surface area contributed by atoms with Gasteiger partial charge in [-0.1, -0.05) is 0 Å². The normalized spacial score (nSPS) is 22.0. The highest BCUT2D eigenvalue weighted by molar-refractivity contribution is 5.91. The van der Waals surface area contributed by atoms with Crippen LogP contribution in [0.15, 0.2) is 12.1 Å². The summed E-state index contributed by atoms with van der Waals surface area (Å²) in [5.74, 6) is -0.389. The van der Waals surface area contributed by atoms with Gasteiger partial charge in [0.25, 0.3) is 5.91 Å². The van der Waals surface area contributed by atoms with Gasteiger partial charge in [-0.15, -0.1) is 10.2 Å². The number of aromatic nitrogens is 2. The molecule has 1 N–H and O–H groups in total. The number of carbonyl (C=O) groups is 2. The van der Waals surface area contributed by atoms with E-state index in [-0.39, 0.29) is 11.6 Å². The number of anilines is 1. The molecule has 2 heterocycles. The first kappa shape index (κ1) is 15.2. The molecule has 0 bridgehead atoms. The molecule has 0 aliphatic carbocycles. The van der Waals surface area contributed by atoms with Crippen molar-refractivity contribution in [1.29, 1.82) is 0 Å². The molecule has 0 saturated carbocycles. The van der Waals surface area contributed by atoms with E-state index in [2.05, 4.69) is 10.2 Å². The Morgan fingerprint density at radius 1 is 1.33 bits per heavy atom. The Kier molecular flexibility index (Phi) is 4.11. The molecule has 2 rings (SSSR count). The number of carbonyl (C=O) groups excluding carboxylic acids is 1. The number of hydrogen-bond donors (Lipinski definition) is 1. The van der Waals surface area contributed by atoms with E-state index < -0.39 is 11.4 Å². The van der Waals surface area contributed by atoms with Crippen molar-refractivity contribution in [2.75, 3.05) is 32.1 Å². The number of carboxylic acid groups (broad SMARTS) is 1. The second kappa shape index (κ2) is 5.67. The standard InChI is InChI=1S/C14H20N4O3/c1-14(13(20)21)7-4-8-18(9-14)11-6-5-10(15-16-11)12(19)17(2)3/h5-6H,4,7-9H2,1-3H3,(H,20,21). The van der Waals surface area contributed by atoms with Crippen molar-refractivity contribution < 1.29 is 14.7 Å². The van der Waals surface area contributed by atoms with Crippen molar-refractivity contribution in [2.24, 2.45) is 5.41 Å². The van der Waals surface area contributed by atoms with Crippen LogP contribution in [0.3, 0.4) is 0 Å². The van der Waals surface area contributed by atoms with Gasteiger partial charge in [-0.05, 0) is 31.9 Å². The Morgan fingerprint density at radius 2 is 2.05 bits per heavy atom. The lowest BCUT2D eigenvalue weighted by atomic mass is 9.82. The van der Waals surface area contributed by atoms with Crippen molar-refractivity contribution in [3.63, 3.8) is 0 Å². The van der Waals surface area contributed by atoms with E-state index >= 15 is 0 Å². The molecular formula is C14H20N4O3. The molecule has 1 atom stereocenters. The summed E-state index contributed by atoms with van der Waals surface area (Å²) >= 11 is 0. The first-order valence-electron chi connectivity index (χ1n) is 6.87. The van der Waals surface area contributed by atoms with E-state index in [1.165, 1.54) is 4.90 Å². The minimum absolute atomic E-state index is 0.205. The van der Waals surface area contributed by atoms with Crippen LogP contribution in [0, 0.1) is 5.41 Å². The van der Waals surface area contributed by atoms with Crippen LogP contribution in [0.2, 0.25) is 0 Å². The highest BCUT2D eigenvalue weighted by Crippen LogP contribution is 2.31. The first-order chi connectivity index (χ1) is 9.83. The smallest absolute Gasteiger partial charge is 0.311 e. The number of hydrogen-bond acceptors (Lipinski definition) is 5. The molecule has 1 aliphatic heterocycles. The largest absolute Gasteiger partial charge is 0.481 e. The summed E-state index contributed by atoms with van der Waals surface area (Å²) < 4.78 is 0. The zero-order valence-electron chi connectivity index (χ0n) is 12.5. The first-order valence-corrected chi connectivity index (χ1v) is 6.87. The Bertz CT molecular complexity index is 544. The van der Waals surface area contributed by atoms with E-state index in [0.29, 0.717) is 18.8 Å². The Hall–Kier alpha value is -2.18. The maximum Gasteiger partial charge on any atom is 0.311 e. The Labute approximate surface area is 123 Å². The molecule has 0 aromatic carbocycles. The molecule has 0 spiro atoms. The number of amides is 1. The van der Waals surface area contributed by atoms with Crippen LogP contribution >= 0.6 is 0 Å². The molecular weight excluding hydrogens is 272 g/mol. The summed E-state index contributed by atoms with van der Waals surface area (Å²) in [6.45, 7) is 2.90. The van der Waals surface area contributed by atoms with Gasteiger partial charge in [0.05, 0.1) is 5.41 Å². The molecule has 7 heteroatoms. The Balaban J connectivity index is 2.15. The van der Waals surface area contributed by atoms with Gasteiger partial charge in [0, 0.05) is 27.2 Å². The fraction of sp³-hybridized carbons (Fsp3) is 0.571. The molecule has 7 nitrogen and oxygen atoms in total. The van der Waals surface area contributed by atoms with Gasteiger partial charge >= 0.3 is 5.97 Å². The van der Waals surface area contributed by atoms with Crippen molar-refractivity contribution in [1.82, 2.24) is 15.1 Å². The van der Waals surface area contributed by atoms with Crippen LogP contribution < -0.4 is 4.90 Å². The fourth-order valence-electron chi connectivity index (χ4n) is 2.45. The van der Waals surface area contributed by atoms with Crippen LogP contribution in [-0.4, -0.2) is 59.3 Å². The number of piperidine rings is 1. The molecule has 1 aromatic heterocycles.